The van der Waals surface area contributed by atoms with Gasteiger partial charge in [0.2, 0.25) is 5.91 Å². The maximum atomic E-state index is 11.3. The first kappa shape index (κ1) is 12.7. The zero-order valence-corrected chi connectivity index (χ0v) is 11.2. The van der Waals surface area contributed by atoms with E-state index in [1.807, 2.05) is 18.4 Å². The number of nitrogens with one attached hydrogen (secondary N) is 1. The molecule has 0 aromatic carbocycles. The van der Waals surface area contributed by atoms with E-state index in [1.165, 1.54) is 11.3 Å². The second-order valence-corrected chi connectivity index (χ2v) is 5.25. The highest BCUT2D eigenvalue weighted by Gasteiger charge is 2.22. The minimum absolute atomic E-state index is 0.275. The van der Waals surface area contributed by atoms with Gasteiger partial charge in [0.25, 0.3) is 0 Å². The normalized spacial score (nSPS) is 14.9. The van der Waals surface area contributed by atoms with Gasteiger partial charge in [-0.25, -0.2) is 0 Å². The summed E-state index contributed by atoms with van der Waals surface area (Å²) in [6.07, 6.45) is 0.965. The topological polar surface area (TPSA) is 55.1 Å². The van der Waals surface area contributed by atoms with Crippen LogP contribution < -0.4 is 11.1 Å². The average molecular weight is 291 g/mol. The molecule has 0 saturated heterocycles. The van der Waals surface area contributed by atoms with E-state index in [9.17, 15) is 4.79 Å². The van der Waals surface area contributed by atoms with Gasteiger partial charge in [-0.1, -0.05) is 6.92 Å². The second-order valence-electron chi connectivity index (χ2n) is 3.44. The van der Waals surface area contributed by atoms with Crippen molar-refractivity contribution < 1.29 is 4.79 Å². The van der Waals surface area contributed by atoms with E-state index in [0.29, 0.717) is 0 Å². The third-order valence-corrected chi connectivity index (χ3v) is 4.19. The SMILES string of the molecule is CCC(C)NC(C(N)=O)c1sccc1Br. The number of rotatable bonds is 5. The van der Waals surface area contributed by atoms with Crippen LogP contribution in [-0.4, -0.2) is 11.9 Å². The van der Waals surface area contributed by atoms with Crippen LogP contribution in [0, 0.1) is 0 Å². The van der Waals surface area contributed by atoms with E-state index >= 15 is 0 Å². The lowest BCUT2D eigenvalue weighted by Crippen LogP contribution is -2.38. The molecule has 3 nitrogen and oxygen atoms in total. The number of carbonyl (C=O) groups excluding carboxylic acids is 1. The summed E-state index contributed by atoms with van der Waals surface area (Å²) in [5.74, 6) is -0.335. The van der Waals surface area contributed by atoms with Crippen LogP contribution in [0.4, 0.5) is 0 Å². The maximum absolute atomic E-state index is 11.3. The summed E-state index contributed by atoms with van der Waals surface area (Å²) in [5, 5.41) is 5.15. The molecule has 0 aliphatic heterocycles. The highest BCUT2D eigenvalue weighted by molar-refractivity contribution is 9.10. The molecule has 1 heterocycles. The molecular formula is C10H15BrN2OS. The van der Waals surface area contributed by atoms with E-state index in [1.54, 1.807) is 0 Å². The van der Waals surface area contributed by atoms with Crippen molar-refractivity contribution in [2.75, 3.05) is 0 Å². The Bertz CT molecular complexity index is 340. The lowest BCUT2D eigenvalue weighted by Gasteiger charge is -2.19. The third-order valence-electron chi connectivity index (χ3n) is 2.26. The molecule has 0 saturated carbocycles. The molecule has 0 spiro atoms. The van der Waals surface area contributed by atoms with Gasteiger partial charge in [0, 0.05) is 15.4 Å². The van der Waals surface area contributed by atoms with Crippen molar-refractivity contribution in [2.24, 2.45) is 5.73 Å². The molecule has 0 bridgehead atoms. The van der Waals surface area contributed by atoms with Crippen LogP contribution >= 0.6 is 27.3 Å². The van der Waals surface area contributed by atoms with Gasteiger partial charge in [-0.05, 0) is 40.7 Å². The van der Waals surface area contributed by atoms with Crippen LogP contribution in [0.3, 0.4) is 0 Å². The van der Waals surface area contributed by atoms with E-state index in [2.05, 4.69) is 28.2 Å². The Balaban J connectivity index is 2.84. The van der Waals surface area contributed by atoms with Crippen molar-refractivity contribution in [1.82, 2.24) is 5.32 Å². The zero-order valence-electron chi connectivity index (χ0n) is 8.79. The monoisotopic (exact) mass is 290 g/mol. The molecule has 15 heavy (non-hydrogen) atoms. The average Bonchev–Trinajstić information content (AvgIpc) is 2.60. The Morgan fingerprint density at radius 2 is 2.40 bits per heavy atom. The lowest BCUT2D eigenvalue weighted by atomic mass is 10.1. The van der Waals surface area contributed by atoms with Crippen molar-refractivity contribution >= 4 is 33.2 Å². The van der Waals surface area contributed by atoms with Crippen LogP contribution in [0.5, 0.6) is 0 Å². The predicted molar refractivity (Wildman–Crippen MR) is 66.8 cm³/mol. The van der Waals surface area contributed by atoms with Crippen LogP contribution in [0.15, 0.2) is 15.9 Å². The number of primary amides is 1. The highest BCUT2D eigenvalue weighted by Crippen LogP contribution is 2.29. The van der Waals surface area contributed by atoms with Crippen molar-refractivity contribution in [3.05, 3.63) is 20.8 Å². The van der Waals surface area contributed by atoms with Gasteiger partial charge in [-0.15, -0.1) is 11.3 Å². The summed E-state index contributed by atoms with van der Waals surface area (Å²) >= 11 is 4.94. The Labute approximate surface area is 102 Å². The van der Waals surface area contributed by atoms with Crippen LogP contribution in [0.1, 0.15) is 31.2 Å². The van der Waals surface area contributed by atoms with Crippen molar-refractivity contribution in [3.8, 4) is 0 Å². The fourth-order valence-corrected chi connectivity index (χ4v) is 2.87. The smallest absolute Gasteiger partial charge is 0.240 e. The van der Waals surface area contributed by atoms with E-state index in [4.69, 9.17) is 5.73 Å². The first-order valence-corrected chi connectivity index (χ1v) is 6.51. The standard InChI is InChI=1S/C10H15BrN2OS/c1-3-6(2)13-8(10(12)14)9-7(11)4-5-15-9/h4-6,8,13H,3H2,1-2H3,(H2,12,14). The Hall–Kier alpha value is -0.390. The largest absolute Gasteiger partial charge is 0.368 e. The van der Waals surface area contributed by atoms with Crippen molar-refractivity contribution in [2.45, 2.75) is 32.4 Å². The molecule has 0 radical (unpaired) electrons. The van der Waals surface area contributed by atoms with E-state index in [-0.39, 0.29) is 11.9 Å². The van der Waals surface area contributed by atoms with E-state index in [0.717, 1.165) is 15.8 Å². The first-order valence-electron chi connectivity index (χ1n) is 4.84. The maximum Gasteiger partial charge on any atom is 0.240 e. The van der Waals surface area contributed by atoms with Gasteiger partial charge in [0.15, 0.2) is 0 Å². The number of thiophene rings is 1. The molecule has 84 valence electrons. The second kappa shape index (κ2) is 5.63. The summed E-state index contributed by atoms with van der Waals surface area (Å²) in [7, 11) is 0. The van der Waals surface area contributed by atoms with E-state index < -0.39 is 6.04 Å². The lowest BCUT2D eigenvalue weighted by molar-refractivity contribution is -0.120. The van der Waals surface area contributed by atoms with Gasteiger partial charge in [0.1, 0.15) is 6.04 Å². The molecule has 1 aromatic heterocycles. The zero-order chi connectivity index (χ0) is 11.4. The molecule has 0 aliphatic carbocycles. The first-order chi connectivity index (χ1) is 7.06. The van der Waals surface area contributed by atoms with Crippen LogP contribution in [-0.2, 0) is 4.79 Å². The molecule has 3 N–H and O–H groups in total. The molecule has 1 rings (SSSR count). The predicted octanol–water partition coefficient (Wildman–Crippen LogP) is 2.43. The third kappa shape index (κ3) is 3.29. The molecule has 1 aromatic rings. The summed E-state index contributed by atoms with van der Waals surface area (Å²) in [6, 6.07) is 1.81. The highest BCUT2D eigenvalue weighted by atomic mass is 79.9. The summed E-state index contributed by atoms with van der Waals surface area (Å²) in [6.45, 7) is 4.11. The van der Waals surface area contributed by atoms with Crippen molar-refractivity contribution in [3.63, 3.8) is 0 Å². The van der Waals surface area contributed by atoms with Gasteiger partial charge in [-0.3, -0.25) is 10.1 Å². The fourth-order valence-electron chi connectivity index (χ4n) is 1.20. The number of hydrogen-bond acceptors (Lipinski definition) is 3. The molecule has 0 fully saturated rings. The van der Waals surface area contributed by atoms with Gasteiger partial charge < -0.3 is 5.73 Å². The Kier molecular flexibility index (Phi) is 4.76. The van der Waals surface area contributed by atoms with Gasteiger partial charge in [-0.2, -0.15) is 0 Å². The quantitative estimate of drug-likeness (QED) is 0.875. The summed E-state index contributed by atoms with van der Waals surface area (Å²) in [5.41, 5.74) is 5.38. The van der Waals surface area contributed by atoms with Gasteiger partial charge >= 0.3 is 0 Å². The number of halogens is 1. The molecule has 2 atom stereocenters. The Morgan fingerprint density at radius 1 is 1.73 bits per heavy atom. The molecule has 0 aliphatic rings. The number of amides is 1. The van der Waals surface area contributed by atoms with Crippen LogP contribution in [0.25, 0.3) is 0 Å². The number of carbonyl (C=O) groups is 1. The molecular weight excluding hydrogens is 276 g/mol. The summed E-state index contributed by atoms with van der Waals surface area (Å²) in [4.78, 5) is 12.3. The van der Waals surface area contributed by atoms with Gasteiger partial charge in [0.05, 0.1) is 0 Å². The number of nitrogens with two attached hydrogens (primary N) is 1. The fraction of sp³-hybridized carbons (Fsp3) is 0.500. The molecule has 1 amide bonds. The van der Waals surface area contributed by atoms with Crippen LogP contribution in [0.2, 0.25) is 0 Å². The molecule has 2 unspecified atom stereocenters. The van der Waals surface area contributed by atoms with Crippen molar-refractivity contribution in [1.29, 1.82) is 0 Å². The minimum Gasteiger partial charge on any atom is -0.368 e. The Morgan fingerprint density at radius 3 is 2.80 bits per heavy atom. The summed E-state index contributed by atoms with van der Waals surface area (Å²) < 4.78 is 0.937. The molecule has 5 heteroatoms. The number of hydrogen-bond donors (Lipinski definition) is 2. The minimum atomic E-state index is -0.394.